The number of hydrogen-bond acceptors (Lipinski definition) is 1. The van der Waals surface area contributed by atoms with Gasteiger partial charge in [0.25, 0.3) is 0 Å². The molecule has 0 fully saturated rings. The minimum atomic E-state index is 1.05. The highest BCUT2D eigenvalue weighted by molar-refractivity contribution is 5.29. The van der Waals surface area contributed by atoms with Crippen molar-refractivity contribution in [3.63, 3.8) is 0 Å². The molecule has 2 aromatic carbocycles. The van der Waals surface area contributed by atoms with E-state index in [1.54, 1.807) is 0 Å². The van der Waals surface area contributed by atoms with Gasteiger partial charge in [-0.05, 0) is 23.1 Å². The molecule has 1 N–H and O–H groups in total. The molecule has 0 aliphatic carbocycles. The lowest BCUT2D eigenvalue weighted by atomic mass is 10.1. The number of hydrogen-bond donors (Lipinski definition) is 1. The van der Waals surface area contributed by atoms with E-state index >= 15 is 0 Å². The Balaban J connectivity index is 0.000000134. The summed E-state index contributed by atoms with van der Waals surface area (Å²) in [5, 5.41) is 3.29. The van der Waals surface area contributed by atoms with Crippen LogP contribution in [0.2, 0.25) is 0 Å². The normalized spacial score (nSPS) is 12.5. The number of aryl methyl sites for hydroxylation is 1. The Kier molecular flexibility index (Phi) is 4.98. The third kappa shape index (κ3) is 3.71. The molecule has 0 amide bonds. The summed E-state index contributed by atoms with van der Waals surface area (Å²) in [6.45, 7) is 4.30. The first-order chi connectivity index (χ1) is 8.90. The number of nitrogens with one attached hydrogen (secondary N) is 1. The van der Waals surface area contributed by atoms with Crippen molar-refractivity contribution in [1.29, 1.82) is 0 Å². The van der Waals surface area contributed by atoms with E-state index in [1.165, 1.54) is 29.5 Å². The molecule has 1 heterocycles. The fourth-order valence-corrected chi connectivity index (χ4v) is 2.17. The topological polar surface area (TPSA) is 12.0 Å². The van der Waals surface area contributed by atoms with Crippen LogP contribution in [0.1, 0.15) is 30.0 Å². The van der Waals surface area contributed by atoms with Crippen LogP contribution < -0.4 is 5.32 Å². The molecular formula is C17H21N. The standard InChI is InChI=1S/C9H12.C8H9N/c1-2-6-9-7-4-3-5-8-9;1-2-4-8-6-9-5-7(8)3-1/h3-5,7-8H,2,6H2,1H3;1-4,9H,5-6H2. The molecule has 0 atom stereocenters. The zero-order valence-electron chi connectivity index (χ0n) is 11.0. The van der Waals surface area contributed by atoms with Gasteiger partial charge < -0.3 is 5.32 Å². The Morgan fingerprint density at radius 3 is 1.94 bits per heavy atom. The van der Waals surface area contributed by atoms with Gasteiger partial charge in [-0.1, -0.05) is 67.9 Å². The zero-order chi connectivity index (χ0) is 12.6. The van der Waals surface area contributed by atoms with Crippen molar-refractivity contribution in [3.8, 4) is 0 Å². The lowest BCUT2D eigenvalue weighted by molar-refractivity contribution is 0.765. The van der Waals surface area contributed by atoms with Gasteiger partial charge in [-0.25, -0.2) is 0 Å². The van der Waals surface area contributed by atoms with Crippen molar-refractivity contribution in [2.45, 2.75) is 32.9 Å². The fourth-order valence-electron chi connectivity index (χ4n) is 2.17. The van der Waals surface area contributed by atoms with Gasteiger partial charge in [0.15, 0.2) is 0 Å². The molecule has 0 radical (unpaired) electrons. The highest BCUT2D eigenvalue weighted by Gasteiger charge is 2.06. The average Bonchev–Trinajstić information content (AvgIpc) is 2.89. The highest BCUT2D eigenvalue weighted by atomic mass is 14.9. The maximum Gasteiger partial charge on any atom is 0.0211 e. The lowest BCUT2D eigenvalue weighted by Gasteiger charge is -1.93. The van der Waals surface area contributed by atoms with Crippen molar-refractivity contribution in [2.75, 3.05) is 0 Å². The monoisotopic (exact) mass is 239 g/mol. The van der Waals surface area contributed by atoms with E-state index in [9.17, 15) is 0 Å². The van der Waals surface area contributed by atoms with E-state index in [0.29, 0.717) is 0 Å². The van der Waals surface area contributed by atoms with Gasteiger partial charge >= 0.3 is 0 Å². The maximum atomic E-state index is 3.29. The van der Waals surface area contributed by atoms with E-state index < -0.39 is 0 Å². The molecule has 18 heavy (non-hydrogen) atoms. The third-order valence-electron chi connectivity index (χ3n) is 3.13. The van der Waals surface area contributed by atoms with Gasteiger partial charge in [0.2, 0.25) is 0 Å². The molecule has 3 rings (SSSR count). The van der Waals surface area contributed by atoms with Crippen LogP contribution in [0.3, 0.4) is 0 Å². The van der Waals surface area contributed by atoms with Gasteiger partial charge in [0.1, 0.15) is 0 Å². The Hall–Kier alpha value is -1.60. The summed E-state index contributed by atoms with van der Waals surface area (Å²) in [5.41, 5.74) is 4.36. The zero-order valence-corrected chi connectivity index (χ0v) is 11.0. The Morgan fingerprint density at radius 2 is 1.39 bits per heavy atom. The molecule has 1 aliphatic heterocycles. The van der Waals surface area contributed by atoms with Gasteiger partial charge in [0.05, 0.1) is 0 Å². The fraction of sp³-hybridized carbons (Fsp3) is 0.294. The second kappa shape index (κ2) is 6.97. The highest BCUT2D eigenvalue weighted by Crippen LogP contribution is 2.12. The van der Waals surface area contributed by atoms with Gasteiger partial charge in [-0.2, -0.15) is 0 Å². The Labute approximate surface area is 110 Å². The molecule has 0 saturated heterocycles. The second-order valence-electron chi connectivity index (χ2n) is 4.61. The summed E-state index contributed by atoms with van der Waals surface area (Å²) in [6, 6.07) is 19.1. The van der Waals surface area contributed by atoms with Crippen molar-refractivity contribution in [3.05, 3.63) is 71.3 Å². The molecule has 1 heteroatoms. The molecule has 1 nitrogen and oxygen atoms in total. The quantitative estimate of drug-likeness (QED) is 0.837. The molecular weight excluding hydrogens is 218 g/mol. The van der Waals surface area contributed by atoms with Crippen molar-refractivity contribution in [1.82, 2.24) is 5.32 Å². The number of benzene rings is 2. The van der Waals surface area contributed by atoms with Gasteiger partial charge in [-0.15, -0.1) is 0 Å². The van der Waals surface area contributed by atoms with Crippen LogP contribution in [0.5, 0.6) is 0 Å². The van der Waals surface area contributed by atoms with E-state index in [-0.39, 0.29) is 0 Å². The lowest BCUT2D eigenvalue weighted by Crippen LogP contribution is -1.99. The van der Waals surface area contributed by atoms with Crippen molar-refractivity contribution < 1.29 is 0 Å². The van der Waals surface area contributed by atoms with Crippen LogP contribution in [-0.4, -0.2) is 0 Å². The molecule has 2 aromatic rings. The summed E-state index contributed by atoms with van der Waals surface area (Å²) in [4.78, 5) is 0. The molecule has 94 valence electrons. The summed E-state index contributed by atoms with van der Waals surface area (Å²) in [7, 11) is 0. The molecule has 1 aliphatic rings. The molecule has 0 spiro atoms. The molecule has 0 saturated carbocycles. The van der Waals surface area contributed by atoms with E-state index in [0.717, 1.165) is 13.1 Å². The molecule has 0 unspecified atom stereocenters. The number of rotatable bonds is 2. The van der Waals surface area contributed by atoms with Crippen molar-refractivity contribution >= 4 is 0 Å². The first-order valence-corrected chi connectivity index (χ1v) is 6.71. The van der Waals surface area contributed by atoms with Crippen molar-refractivity contribution in [2.24, 2.45) is 0 Å². The predicted octanol–water partition coefficient (Wildman–Crippen LogP) is 3.93. The smallest absolute Gasteiger partial charge is 0.0211 e. The van der Waals surface area contributed by atoms with Crippen LogP contribution in [0, 0.1) is 0 Å². The van der Waals surface area contributed by atoms with Crippen LogP contribution in [0.15, 0.2) is 54.6 Å². The summed E-state index contributed by atoms with van der Waals surface area (Å²) >= 11 is 0. The van der Waals surface area contributed by atoms with E-state index in [2.05, 4.69) is 66.8 Å². The minimum Gasteiger partial charge on any atom is -0.309 e. The van der Waals surface area contributed by atoms with Crippen LogP contribution >= 0.6 is 0 Å². The third-order valence-corrected chi connectivity index (χ3v) is 3.13. The van der Waals surface area contributed by atoms with Crippen LogP contribution in [0.4, 0.5) is 0 Å². The molecule has 0 aromatic heterocycles. The Bertz CT molecular complexity index is 439. The van der Waals surface area contributed by atoms with E-state index in [1.807, 2.05) is 0 Å². The SMILES string of the molecule is CCCc1ccccc1.c1ccc2c(c1)CNC2. The second-order valence-corrected chi connectivity index (χ2v) is 4.61. The minimum absolute atomic E-state index is 1.05. The average molecular weight is 239 g/mol. The first-order valence-electron chi connectivity index (χ1n) is 6.71. The summed E-state index contributed by atoms with van der Waals surface area (Å²) < 4.78 is 0. The predicted molar refractivity (Wildman–Crippen MR) is 77.4 cm³/mol. The summed E-state index contributed by atoms with van der Waals surface area (Å²) in [6.07, 6.45) is 2.45. The maximum absolute atomic E-state index is 3.29. The van der Waals surface area contributed by atoms with Gasteiger partial charge in [-0.3, -0.25) is 0 Å². The first kappa shape index (κ1) is 12.8. The molecule has 0 bridgehead atoms. The summed E-state index contributed by atoms with van der Waals surface area (Å²) in [5.74, 6) is 0. The van der Waals surface area contributed by atoms with Gasteiger partial charge in [0, 0.05) is 13.1 Å². The van der Waals surface area contributed by atoms with E-state index in [4.69, 9.17) is 0 Å². The van der Waals surface area contributed by atoms with Crippen LogP contribution in [0.25, 0.3) is 0 Å². The number of fused-ring (bicyclic) bond motifs is 1. The van der Waals surface area contributed by atoms with Crippen LogP contribution in [-0.2, 0) is 19.5 Å². The largest absolute Gasteiger partial charge is 0.309 e. The Morgan fingerprint density at radius 1 is 0.833 bits per heavy atom.